The molecule has 0 radical (unpaired) electrons. The Balaban J connectivity index is 0.000000133. The van der Waals surface area contributed by atoms with Crippen molar-refractivity contribution < 1.29 is 19.5 Å². The molecule has 0 unspecified atom stereocenters. The minimum absolute atomic E-state index is 0. The van der Waals surface area contributed by atoms with Crippen molar-refractivity contribution in [2.75, 3.05) is 0 Å². The molecule has 19 rings (SSSR count). The van der Waals surface area contributed by atoms with Crippen molar-refractivity contribution in [1.29, 1.82) is 0 Å². The smallest absolute Gasteiger partial charge is 0.495 e. The Morgan fingerprint density at radius 1 is 0.290 bits per heavy atom. The van der Waals surface area contributed by atoms with E-state index in [4.69, 9.17) is 9.31 Å². The van der Waals surface area contributed by atoms with Crippen LogP contribution in [0.4, 0.5) is 0 Å². The summed E-state index contributed by atoms with van der Waals surface area (Å²) in [6.45, 7) is 8.51. The Morgan fingerprint density at radius 3 is 1.04 bits per heavy atom. The summed E-state index contributed by atoms with van der Waals surface area (Å²) in [6.07, 6.45) is 0. The summed E-state index contributed by atoms with van der Waals surface area (Å²) in [5.74, 6) is 0.592. The number of aromatic hydroxyl groups is 2. The molecule has 14 aromatic rings. The first-order valence-electron chi connectivity index (χ1n) is 31.0. The summed E-state index contributed by atoms with van der Waals surface area (Å²) in [6, 6.07) is 99.7. The molecule has 0 aromatic heterocycles. The monoisotopic (exact) mass is 1270 g/mol. The maximum Gasteiger partial charge on any atom is 0.495 e. The van der Waals surface area contributed by atoms with Gasteiger partial charge in [-0.25, -0.2) is 0 Å². The number of hydrogen-bond acceptors (Lipinski definition) is 4. The summed E-state index contributed by atoms with van der Waals surface area (Å²) in [5.41, 5.74) is 22.5. The van der Waals surface area contributed by atoms with Crippen molar-refractivity contribution in [3.8, 4) is 67.1 Å². The van der Waals surface area contributed by atoms with Crippen LogP contribution >= 0.6 is 15.9 Å². The van der Waals surface area contributed by atoms with Gasteiger partial charge in [-0.2, -0.15) is 0 Å². The van der Waals surface area contributed by atoms with Gasteiger partial charge >= 0.3 is 7.12 Å². The molecule has 0 saturated carbocycles. The highest BCUT2D eigenvalue weighted by atomic mass is 79.9. The van der Waals surface area contributed by atoms with Crippen LogP contribution in [-0.2, 0) is 20.1 Å². The summed E-state index contributed by atoms with van der Waals surface area (Å²) in [4.78, 5) is 0. The number of phenolic OH excluding ortho intramolecular Hbond substituents is 2. The minimum Gasteiger partial charge on any atom is -0.507 e. The molecule has 5 aliphatic rings. The Morgan fingerprint density at radius 2 is 0.602 bits per heavy atom. The highest BCUT2D eigenvalue weighted by Crippen LogP contribution is 2.66. The number of hydrogen-bond donors (Lipinski definition) is 2. The second-order valence-electron chi connectivity index (χ2n) is 25.6. The van der Waals surface area contributed by atoms with E-state index < -0.39 is 23.7 Å². The molecule has 6 heteroatoms. The third kappa shape index (κ3) is 8.65. The van der Waals surface area contributed by atoms with Gasteiger partial charge < -0.3 is 19.5 Å². The number of halogens is 1. The third-order valence-corrected chi connectivity index (χ3v) is 21.1. The molecular formula is C87H72BBrO4. The van der Waals surface area contributed by atoms with Gasteiger partial charge in [0.25, 0.3) is 0 Å². The van der Waals surface area contributed by atoms with Gasteiger partial charge in [-0.15, -0.1) is 0 Å². The first-order chi connectivity index (χ1) is 43.9. The van der Waals surface area contributed by atoms with Crippen molar-refractivity contribution in [3.63, 3.8) is 0 Å². The zero-order chi connectivity index (χ0) is 60.8. The van der Waals surface area contributed by atoms with Gasteiger partial charge in [-0.3, -0.25) is 0 Å². The standard InChI is InChI=1S/C39H24O.C35H29BO2.C10H7BrO.3CH4/c40-37-22-25-12-2-1-11-24(25)21-32(37)31-23-36-38(29-16-4-3-13-26(29)31)30-17-7-10-20-35(30)39(36)33-18-8-5-14-27(33)28-15-6-9-19-34(28)39;1-33(2)34(3,4)38-36(37-33)31-21-30-32(25-16-6-5-15-24(25)31)26-17-9-12-20-29(26)35(30)27-18-10-7-13-22(27)23-14-8-11-19-28(23)35;11-9-5-7-3-1-2-4-8(7)6-10(9)12;;;/h1-23,40H;5-21H,1-4H3;1-6,12H;3*1H4. The predicted octanol–water partition coefficient (Wildman–Crippen LogP) is 22.4. The van der Waals surface area contributed by atoms with Crippen LogP contribution < -0.4 is 5.46 Å². The molecule has 2 spiro atoms. The summed E-state index contributed by atoms with van der Waals surface area (Å²) >= 11 is 3.27. The van der Waals surface area contributed by atoms with Crippen LogP contribution in [0.5, 0.6) is 11.5 Å². The predicted molar refractivity (Wildman–Crippen MR) is 394 cm³/mol. The fourth-order valence-corrected chi connectivity index (χ4v) is 16.3. The van der Waals surface area contributed by atoms with E-state index in [-0.39, 0.29) is 33.4 Å². The van der Waals surface area contributed by atoms with Crippen LogP contribution in [0, 0.1) is 0 Å². The highest BCUT2D eigenvalue weighted by Gasteiger charge is 2.56. The van der Waals surface area contributed by atoms with E-state index in [1.807, 2.05) is 42.5 Å². The van der Waals surface area contributed by atoms with Gasteiger partial charge in [-0.1, -0.05) is 271 Å². The van der Waals surface area contributed by atoms with E-state index in [2.05, 4.69) is 274 Å². The number of benzene rings is 14. The second-order valence-corrected chi connectivity index (χ2v) is 26.4. The van der Waals surface area contributed by atoms with Crippen LogP contribution in [0.25, 0.3) is 98.7 Å². The van der Waals surface area contributed by atoms with Gasteiger partial charge in [0, 0.05) is 5.56 Å². The Labute approximate surface area is 554 Å². The molecule has 4 nitrogen and oxygen atoms in total. The molecule has 1 aliphatic heterocycles. The van der Waals surface area contributed by atoms with Gasteiger partial charge in [-0.05, 0) is 217 Å². The van der Waals surface area contributed by atoms with Crippen LogP contribution in [0.2, 0.25) is 0 Å². The normalized spacial score (nSPS) is 15.0. The number of rotatable bonds is 2. The molecule has 1 saturated heterocycles. The second kappa shape index (κ2) is 22.5. The quantitative estimate of drug-likeness (QED) is 0.169. The molecule has 2 N–H and O–H groups in total. The van der Waals surface area contributed by atoms with E-state index in [1.54, 1.807) is 6.07 Å². The topological polar surface area (TPSA) is 58.9 Å². The van der Waals surface area contributed by atoms with Crippen LogP contribution in [0.3, 0.4) is 0 Å². The third-order valence-electron chi connectivity index (χ3n) is 20.5. The zero-order valence-corrected chi connectivity index (χ0v) is 51.8. The first kappa shape index (κ1) is 60.7. The maximum absolute atomic E-state index is 11.4. The van der Waals surface area contributed by atoms with Gasteiger partial charge in [0.2, 0.25) is 0 Å². The molecule has 1 fully saturated rings. The lowest BCUT2D eigenvalue weighted by Crippen LogP contribution is -2.41. The molecule has 0 amide bonds. The van der Waals surface area contributed by atoms with Crippen LogP contribution in [-0.4, -0.2) is 28.5 Å². The molecule has 0 bridgehead atoms. The molecule has 93 heavy (non-hydrogen) atoms. The number of fused-ring (bicyclic) bond motifs is 26. The zero-order valence-electron chi connectivity index (χ0n) is 50.2. The average molecular weight is 1270 g/mol. The fourth-order valence-electron chi connectivity index (χ4n) is 16.0. The van der Waals surface area contributed by atoms with Crippen molar-refractivity contribution in [2.45, 2.75) is 72.0 Å². The van der Waals surface area contributed by atoms with E-state index in [0.717, 1.165) is 48.0 Å². The SMILES string of the molecule is C.C.C.CC1(C)OB(c2cc3c(c4ccccc24)-c2ccccc2C32c3ccccc3-c3ccccc32)OC1(C)C.Oc1cc2ccccc2cc1-c1cc2c(c3ccccc13)-c1ccccc1C21c2ccccc2-c2ccccc21.Oc1cc2ccccc2cc1Br. The highest BCUT2D eigenvalue weighted by molar-refractivity contribution is 9.10. The molecule has 454 valence electrons. The van der Waals surface area contributed by atoms with Crippen molar-refractivity contribution in [1.82, 2.24) is 0 Å². The van der Waals surface area contributed by atoms with Crippen molar-refractivity contribution >= 4 is 71.6 Å². The average Bonchev–Trinajstić information content (AvgIpc) is 1.51. The van der Waals surface area contributed by atoms with E-state index in [9.17, 15) is 10.2 Å². The van der Waals surface area contributed by atoms with Crippen LogP contribution in [0.15, 0.2) is 284 Å². The molecule has 14 aromatic carbocycles. The van der Waals surface area contributed by atoms with Gasteiger partial charge in [0.05, 0.1) is 26.5 Å². The Hall–Kier alpha value is -9.82. The van der Waals surface area contributed by atoms with Gasteiger partial charge in [0.15, 0.2) is 0 Å². The Kier molecular flexibility index (Phi) is 14.7. The van der Waals surface area contributed by atoms with Crippen LogP contribution in [0.1, 0.15) is 94.5 Å². The maximum atomic E-state index is 11.4. The van der Waals surface area contributed by atoms with E-state index >= 15 is 0 Å². The molecule has 0 atom stereocenters. The number of phenols is 2. The van der Waals surface area contributed by atoms with Crippen molar-refractivity contribution in [2.24, 2.45) is 0 Å². The lowest BCUT2D eigenvalue weighted by molar-refractivity contribution is 0.00578. The lowest BCUT2D eigenvalue weighted by atomic mass is 9.67. The van der Waals surface area contributed by atoms with E-state index in [0.29, 0.717) is 5.75 Å². The summed E-state index contributed by atoms with van der Waals surface area (Å²) in [5, 5.41) is 29.9. The molecule has 1 heterocycles. The largest absolute Gasteiger partial charge is 0.507 e. The minimum atomic E-state index is -0.442. The summed E-state index contributed by atoms with van der Waals surface area (Å²) < 4.78 is 14.1. The van der Waals surface area contributed by atoms with E-state index in [1.165, 1.54) is 105 Å². The first-order valence-corrected chi connectivity index (χ1v) is 31.8. The summed E-state index contributed by atoms with van der Waals surface area (Å²) in [7, 11) is -0.442. The fraction of sp³-hybridized carbons (Fsp3) is 0.126. The molecular weight excluding hydrogens is 1200 g/mol. The van der Waals surface area contributed by atoms with Crippen molar-refractivity contribution in [3.05, 3.63) is 328 Å². The molecule has 4 aliphatic carbocycles. The lowest BCUT2D eigenvalue weighted by Gasteiger charge is -2.32. The van der Waals surface area contributed by atoms with Gasteiger partial charge in [0.1, 0.15) is 11.5 Å². The Bertz CT molecular complexity index is 5200.